The van der Waals surface area contributed by atoms with Crippen LogP contribution in [0.2, 0.25) is 5.02 Å². The van der Waals surface area contributed by atoms with Gasteiger partial charge in [-0.3, -0.25) is 0 Å². The largest absolute Gasteiger partial charge is 0.337 e. The van der Waals surface area contributed by atoms with Gasteiger partial charge in [-0.25, -0.2) is 4.98 Å². The molecule has 0 saturated heterocycles. The quantitative estimate of drug-likeness (QED) is 0.385. The van der Waals surface area contributed by atoms with Gasteiger partial charge in [-0.1, -0.05) is 47.6 Å². The van der Waals surface area contributed by atoms with Gasteiger partial charge in [0, 0.05) is 14.8 Å². The van der Waals surface area contributed by atoms with Gasteiger partial charge in [0.2, 0.25) is 0 Å². The lowest BCUT2D eigenvalue weighted by molar-refractivity contribution is 1.27. The van der Waals surface area contributed by atoms with Gasteiger partial charge in [-0.2, -0.15) is 5.26 Å². The third kappa shape index (κ3) is 3.96. The molecule has 3 aromatic carbocycles. The SMILES string of the molecule is Cc1ccc2nc(C(C#N)=Cc3ccccc3Sc3ccc(Cl)cc3)[nH]c2c1. The summed E-state index contributed by atoms with van der Waals surface area (Å²) in [6, 6.07) is 24.0. The molecule has 4 rings (SSSR count). The average Bonchev–Trinajstić information content (AvgIpc) is 3.12. The lowest BCUT2D eigenvalue weighted by Crippen LogP contribution is -1.86. The maximum Gasteiger partial charge on any atom is 0.149 e. The van der Waals surface area contributed by atoms with Crippen molar-refractivity contribution in [2.24, 2.45) is 0 Å². The van der Waals surface area contributed by atoms with Crippen LogP contribution < -0.4 is 0 Å². The van der Waals surface area contributed by atoms with Crippen molar-refractivity contribution in [3.8, 4) is 6.07 Å². The van der Waals surface area contributed by atoms with E-state index in [0.29, 0.717) is 16.4 Å². The number of aryl methyl sites for hydroxylation is 1. The molecule has 0 saturated carbocycles. The van der Waals surface area contributed by atoms with E-state index in [4.69, 9.17) is 11.6 Å². The molecule has 0 bridgehead atoms. The Morgan fingerprint density at radius 3 is 2.68 bits per heavy atom. The van der Waals surface area contributed by atoms with E-state index in [9.17, 15) is 5.26 Å². The van der Waals surface area contributed by atoms with Crippen LogP contribution in [0.25, 0.3) is 22.7 Å². The second-order valence-corrected chi connectivity index (χ2v) is 7.92. The summed E-state index contributed by atoms with van der Waals surface area (Å²) in [6.45, 7) is 2.03. The number of hydrogen-bond acceptors (Lipinski definition) is 3. The first kappa shape index (κ1) is 18.4. The first-order valence-electron chi connectivity index (χ1n) is 8.73. The molecule has 4 aromatic rings. The molecule has 0 fully saturated rings. The van der Waals surface area contributed by atoms with Crippen molar-refractivity contribution in [3.05, 3.63) is 88.7 Å². The predicted molar refractivity (Wildman–Crippen MR) is 116 cm³/mol. The molecule has 0 radical (unpaired) electrons. The summed E-state index contributed by atoms with van der Waals surface area (Å²) in [4.78, 5) is 9.98. The van der Waals surface area contributed by atoms with E-state index in [-0.39, 0.29) is 0 Å². The zero-order valence-corrected chi connectivity index (χ0v) is 16.7. The Hall–Kier alpha value is -3.00. The summed E-state index contributed by atoms with van der Waals surface area (Å²) >= 11 is 7.61. The Balaban J connectivity index is 1.71. The third-order valence-corrected chi connectivity index (χ3v) is 5.62. The number of H-pyrrole nitrogens is 1. The van der Waals surface area contributed by atoms with Crippen molar-refractivity contribution in [3.63, 3.8) is 0 Å². The summed E-state index contributed by atoms with van der Waals surface area (Å²) in [6.07, 6.45) is 1.88. The molecular weight excluding hydrogens is 386 g/mol. The number of nitriles is 1. The van der Waals surface area contributed by atoms with E-state index < -0.39 is 0 Å². The summed E-state index contributed by atoms with van der Waals surface area (Å²) < 4.78 is 0. The van der Waals surface area contributed by atoms with Gasteiger partial charge in [0.1, 0.15) is 11.9 Å². The molecule has 0 aliphatic heterocycles. The molecule has 0 amide bonds. The molecule has 136 valence electrons. The Labute approximate surface area is 172 Å². The first-order valence-corrected chi connectivity index (χ1v) is 9.93. The van der Waals surface area contributed by atoms with Gasteiger partial charge in [-0.05, 0) is 66.6 Å². The van der Waals surface area contributed by atoms with Crippen LogP contribution in [0.3, 0.4) is 0 Å². The third-order valence-electron chi connectivity index (χ3n) is 4.27. The summed E-state index contributed by atoms with van der Waals surface area (Å²) in [5.74, 6) is 0.578. The van der Waals surface area contributed by atoms with E-state index in [2.05, 4.69) is 16.0 Å². The van der Waals surface area contributed by atoms with E-state index in [1.807, 2.05) is 79.7 Å². The van der Waals surface area contributed by atoms with Gasteiger partial charge in [-0.15, -0.1) is 0 Å². The minimum atomic E-state index is 0.498. The zero-order valence-electron chi connectivity index (χ0n) is 15.1. The highest BCUT2D eigenvalue weighted by molar-refractivity contribution is 7.99. The Kier molecular flexibility index (Phi) is 5.21. The van der Waals surface area contributed by atoms with Crippen molar-refractivity contribution in [1.29, 1.82) is 5.26 Å². The number of aromatic amines is 1. The van der Waals surface area contributed by atoms with Gasteiger partial charge in [0.15, 0.2) is 0 Å². The minimum absolute atomic E-state index is 0.498. The highest BCUT2D eigenvalue weighted by atomic mass is 35.5. The highest BCUT2D eigenvalue weighted by Gasteiger charge is 2.10. The maximum absolute atomic E-state index is 9.73. The number of nitrogens with one attached hydrogen (secondary N) is 1. The molecule has 1 N–H and O–H groups in total. The number of halogens is 1. The van der Waals surface area contributed by atoms with E-state index in [0.717, 1.165) is 32.0 Å². The smallest absolute Gasteiger partial charge is 0.149 e. The fourth-order valence-corrected chi connectivity index (χ4v) is 3.93. The fraction of sp³-hybridized carbons (Fsp3) is 0.0435. The number of nitrogens with zero attached hydrogens (tertiary/aromatic N) is 2. The molecule has 0 aliphatic rings. The molecule has 5 heteroatoms. The Morgan fingerprint density at radius 2 is 1.89 bits per heavy atom. The fourth-order valence-electron chi connectivity index (χ4n) is 2.88. The Bertz CT molecular complexity index is 1220. The minimum Gasteiger partial charge on any atom is -0.337 e. The number of hydrogen-bond donors (Lipinski definition) is 1. The summed E-state index contributed by atoms with van der Waals surface area (Å²) in [5, 5.41) is 10.4. The average molecular weight is 402 g/mol. The number of rotatable bonds is 4. The van der Waals surface area contributed by atoms with Crippen LogP contribution in [-0.4, -0.2) is 9.97 Å². The summed E-state index contributed by atoms with van der Waals surface area (Å²) in [5.41, 5.74) is 4.40. The molecule has 0 aliphatic carbocycles. The number of benzene rings is 3. The van der Waals surface area contributed by atoms with Crippen LogP contribution >= 0.6 is 23.4 Å². The predicted octanol–water partition coefficient (Wildman–Crippen LogP) is 6.74. The van der Waals surface area contributed by atoms with Crippen LogP contribution in [0.5, 0.6) is 0 Å². The molecule has 1 heterocycles. The second-order valence-electron chi connectivity index (χ2n) is 6.37. The second kappa shape index (κ2) is 7.93. The number of allylic oxidation sites excluding steroid dienone is 1. The van der Waals surface area contributed by atoms with Crippen molar-refractivity contribution in [1.82, 2.24) is 9.97 Å². The summed E-state index contributed by atoms with van der Waals surface area (Å²) in [7, 11) is 0. The molecule has 0 unspecified atom stereocenters. The van der Waals surface area contributed by atoms with E-state index in [1.54, 1.807) is 11.8 Å². The molecular formula is C23H16ClN3S. The van der Waals surface area contributed by atoms with Crippen LogP contribution in [-0.2, 0) is 0 Å². The van der Waals surface area contributed by atoms with Gasteiger partial charge in [0.05, 0.1) is 16.6 Å². The van der Waals surface area contributed by atoms with Gasteiger partial charge in [0.25, 0.3) is 0 Å². The number of aromatic nitrogens is 2. The lowest BCUT2D eigenvalue weighted by atomic mass is 10.1. The van der Waals surface area contributed by atoms with Crippen LogP contribution in [0.15, 0.2) is 76.5 Å². The molecule has 0 atom stereocenters. The molecule has 28 heavy (non-hydrogen) atoms. The van der Waals surface area contributed by atoms with Gasteiger partial charge >= 0.3 is 0 Å². The van der Waals surface area contributed by atoms with Crippen LogP contribution in [0.4, 0.5) is 0 Å². The normalized spacial score (nSPS) is 11.5. The van der Waals surface area contributed by atoms with Crippen LogP contribution in [0, 0.1) is 18.3 Å². The van der Waals surface area contributed by atoms with Crippen molar-refractivity contribution in [2.75, 3.05) is 0 Å². The monoisotopic (exact) mass is 401 g/mol. The molecule has 3 nitrogen and oxygen atoms in total. The standard InChI is InChI=1S/C23H16ClN3S/c1-15-6-11-20-21(12-15)27-23(26-20)17(14-25)13-16-4-2-3-5-22(16)28-19-9-7-18(24)8-10-19/h2-13H,1H3,(H,26,27). The zero-order chi connectivity index (χ0) is 19.5. The first-order chi connectivity index (χ1) is 13.6. The Morgan fingerprint density at radius 1 is 1.11 bits per heavy atom. The topological polar surface area (TPSA) is 52.5 Å². The molecule has 0 spiro atoms. The number of fused-ring (bicyclic) bond motifs is 1. The van der Waals surface area contributed by atoms with Crippen LogP contribution in [0.1, 0.15) is 17.0 Å². The van der Waals surface area contributed by atoms with Crippen molar-refractivity contribution < 1.29 is 0 Å². The highest BCUT2D eigenvalue weighted by Crippen LogP contribution is 2.33. The van der Waals surface area contributed by atoms with Crippen molar-refractivity contribution >= 4 is 46.0 Å². The lowest BCUT2D eigenvalue weighted by Gasteiger charge is -2.06. The van der Waals surface area contributed by atoms with Crippen molar-refractivity contribution in [2.45, 2.75) is 16.7 Å². The molecule has 1 aromatic heterocycles. The van der Waals surface area contributed by atoms with E-state index in [1.165, 1.54) is 0 Å². The van der Waals surface area contributed by atoms with Gasteiger partial charge < -0.3 is 4.98 Å². The number of imidazole rings is 1. The maximum atomic E-state index is 9.73. The van der Waals surface area contributed by atoms with E-state index >= 15 is 0 Å².